The lowest BCUT2D eigenvalue weighted by Crippen LogP contribution is -2.52. The second-order valence-electron chi connectivity index (χ2n) is 9.37. The van der Waals surface area contributed by atoms with E-state index in [9.17, 15) is 13.2 Å². The van der Waals surface area contributed by atoms with E-state index >= 15 is 0 Å². The molecule has 2 heterocycles. The summed E-state index contributed by atoms with van der Waals surface area (Å²) in [5.41, 5.74) is 0.962. The molecule has 34 heavy (non-hydrogen) atoms. The van der Waals surface area contributed by atoms with Gasteiger partial charge in [-0.05, 0) is 46.8 Å². The highest BCUT2D eigenvalue weighted by Gasteiger charge is 2.52. The summed E-state index contributed by atoms with van der Waals surface area (Å²) >= 11 is 1.44. The fourth-order valence-corrected chi connectivity index (χ4v) is 6.30. The third-order valence-electron chi connectivity index (χ3n) is 5.57. The van der Waals surface area contributed by atoms with Gasteiger partial charge in [0.2, 0.25) is 10.0 Å². The van der Waals surface area contributed by atoms with Gasteiger partial charge in [0.1, 0.15) is 18.3 Å². The Morgan fingerprint density at radius 3 is 2.41 bits per heavy atom. The molecule has 0 unspecified atom stereocenters. The lowest BCUT2D eigenvalue weighted by molar-refractivity contribution is -0.174. The van der Waals surface area contributed by atoms with Gasteiger partial charge in [-0.3, -0.25) is 4.79 Å². The maximum absolute atomic E-state index is 13.2. The molecule has 2 aliphatic heterocycles. The molecule has 1 aromatic rings. The second kappa shape index (κ2) is 10.8. The van der Waals surface area contributed by atoms with Gasteiger partial charge in [-0.15, -0.1) is 0 Å². The molecule has 0 amide bonds. The molecule has 1 aromatic carbocycles. The van der Waals surface area contributed by atoms with E-state index in [1.807, 2.05) is 20.8 Å². The summed E-state index contributed by atoms with van der Waals surface area (Å²) in [7, 11) is -2.50. The molecule has 0 aromatic heterocycles. The first-order valence-corrected chi connectivity index (χ1v) is 13.9. The predicted molar refractivity (Wildman–Crippen MR) is 128 cm³/mol. The predicted octanol–water partition coefficient (Wildman–Crippen LogP) is 2.61. The van der Waals surface area contributed by atoms with Crippen LogP contribution >= 0.6 is 11.8 Å². The molecule has 0 spiro atoms. The Kier molecular flexibility index (Phi) is 8.71. The second-order valence-corrected chi connectivity index (χ2v) is 12.2. The minimum atomic E-state index is -3.84. The number of esters is 1. The summed E-state index contributed by atoms with van der Waals surface area (Å²) in [6, 6.07) is 6.00. The maximum Gasteiger partial charge on any atom is 0.306 e. The number of methoxy groups -OCH3 is 1. The minimum Gasteiger partial charge on any atom is -0.469 e. The first-order chi connectivity index (χ1) is 15.8. The van der Waals surface area contributed by atoms with Crippen LogP contribution in [0.1, 0.15) is 39.7 Å². The summed E-state index contributed by atoms with van der Waals surface area (Å²) in [4.78, 5) is 11.7. The summed E-state index contributed by atoms with van der Waals surface area (Å²) in [6.07, 6.45) is -1.39. The van der Waals surface area contributed by atoms with Crippen molar-refractivity contribution >= 4 is 27.8 Å². The first kappa shape index (κ1) is 27.4. The smallest absolute Gasteiger partial charge is 0.306 e. The number of sulfonamides is 1. The molecular formula is C23H35NO8S2. The van der Waals surface area contributed by atoms with Gasteiger partial charge in [-0.1, -0.05) is 17.7 Å². The molecule has 0 saturated carbocycles. The van der Waals surface area contributed by atoms with Gasteiger partial charge in [0, 0.05) is 11.5 Å². The lowest BCUT2D eigenvalue weighted by Gasteiger charge is -2.29. The number of hydrogen-bond acceptors (Lipinski definition) is 9. The zero-order chi connectivity index (χ0) is 25.1. The largest absolute Gasteiger partial charge is 0.469 e. The molecule has 0 aliphatic carbocycles. The van der Waals surface area contributed by atoms with Crippen LogP contribution in [0.25, 0.3) is 0 Å². The van der Waals surface area contributed by atoms with Crippen LogP contribution < -0.4 is 4.72 Å². The van der Waals surface area contributed by atoms with E-state index in [1.54, 1.807) is 38.1 Å². The van der Waals surface area contributed by atoms with Crippen LogP contribution in [0.4, 0.5) is 0 Å². The van der Waals surface area contributed by atoms with Crippen molar-refractivity contribution in [2.45, 2.75) is 81.9 Å². The number of rotatable bonds is 10. The van der Waals surface area contributed by atoms with E-state index in [1.165, 1.54) is 18.9 Å². The number of nitrogens with one attached hydrogen (secondary N) is 1. The van der Waals surface area contributed by atoms with Crippen LogP contribution in [0.2, 0.25) is 0 Å². The number of aryl methyl sites for hydroxylation is 1. The van der Waals surface area contributed by atoms with Crippen molar-refractivity contribution in [3.63, 3.8) is 0 Å². The monoisotopic (exact) mass is 517 g/mol. The van der Waals surface area contributed by atoms with Crippen LogP contribution in [0.15, 0.2) is 29.2 Å². The number of carbonyl (C=O) groups excluding carboxylic acids is 1. The van der Waals surface area contributed by atoms with E-state index in [0.29, 0.717) is 18.1 Å². The number of ether oxygens (including phenoxy) is 5. The van der Waals surface area contributed by atoms with Gasteiger partial charge in [0.25, 0.3) is 0 Å². The molecule has 2 saturated heterocycles. The van der Waals surface area contributed by atoms with Crippen molar-refractivity contribution in [3.8, 4) is 0 Å². The summed E-state index contributed by atoms with van der Waals surface area (Å²) < 4.78 is 58.2. The third-order valence-corrected chi connectivity index (χ3v) is 8.16. The van der Waals surface area contributed by atoms with Crippen molar-refractivity contribution in [2.75, 3.05) is 25.2 Å². The molecule has 0 radical (unpaired) electrons. The number of thioether (sulfide) groups is 1. The zero-order valence-corrected chi connectivity index (χ0v) is 22.2. The SMILES string of the molecule is COC(=O)CCSC[C@H](NS(=O)(=O)c1ccc(C)cc1)[C@H]1OC(C)(C)O[C@@H]1[C@H]1COC(C)(C)O1. The molecule has 192 valence electrons. The highest BCUT2D eigenvalue weighted by Crippen LogP contribution is 2.37. The molecule has 2 aliphatic rings. The summed E-state index contributed by atoms with van der Waals surface area (Å²) in [5, 5.41) is 0. The Morgan fingerprint density at radius 2 is 1.82 bits per heavy atom. The molecule has 2 fully saturated rings. The Balaban J connectivity index is 1.83. The van der Waals surface area contributed by atoms with Gasteiger partial charge >= 0.3 is 5.97 Å². The molecule has 3 rings (SSSR count). The average molecular weight is 518 g/mol. The van der Waals surface area contributed by atoms with Crippen molar-refractivity contribution in [1.82, 2.24) is 4.72 Å². The van der Waals surface area contributed by atoms with Gasteiger partial charge < -0.3 is 23.7 Å². The van der Waals surface area contributed by atoms with Crippen LogP contribution in [0.5, 0.6) is 0 Å². The average Bonchev–Trinajstić information content (AvgIpc) is 3.28. The third kappa shape index (κ3) is 7.16. The van der Waals surface area contributed by atoms with Crippen LogP contribution in [0.3, 0.4) is 0 Å². The van der Waals surface area contributed by atoms with Crippen molar-refractivity contribution in [2.24, 2.45) is 0 Å². The molecule has 4 atom stereocenters. The van der Waals surface area contributed by atoms with Crippen molar-refractivity contribution < 1.29 is 36.9 Å². The quantitative estimate of drug-likeness (QED) is 0.370. The molecule has 11 heteroatoms. The standard InChI is InChI=1S/C23H35NO8S2/c1-15-7-9-16(10-8-15)34(26,27)24-17(14-33-12-11-19(25)28-6)20-21(32-23(4,5)31-20)18-13-29-22(2,3)30-18/h7-10,17-18,20-21,24H,11-14H2,1-6H3/t17-,18+,20+,21+/m0/s1. The topological polar surface area (TPSA) is 109 Å². The highest BCUT2D eigenvalue weighted by molar-refractivity contribution is 7.99. The van der Waals surface area contributed by atoms with Gasteiger partial charge in [-0.2, -0.15) is 11.8 Å². The number of hydrogen-bond donors (Lipinski definition) is 1. The van der Waals surface area contributed by atoms with Gasteiger partial charge in [0.05, 0.1) is 31.1 Å². The number of benzene rings is 1. The first-order valence-electron chi connectivity index (χ1n) is 11.2. The highest BCUT2D eigenvalue weighted by atomic mass is 32.2. The zero-order valence-electron chi connectivity index (χ0n) is 20.5. The maximum atomic E-state index is 13.2. The fourth-order valence-electron chi connectivity index (χ4n) is 3.94. The van der Waals surface area contributed by atoms with E-state index in [2.05, 4.69) is 4.72 Å². The summed E-state index contributed by atoms with van der Waals surface area (Å²) in [6.45, 7) is 9.42. The molecule has 1 N–H and O–H groups in total. The number of carbonyl (C=O) groups is 1. The van der Waals surface area contributed by atoms with Crippen molar-refractivity contribution in [1.29, 1.82) is 0 Å². The molecule has 0 bridgehead atoms. The van der Waals surface area contributed by atoms with Crippen LogP contribution in [-0.2, 0) is 38.5 Å². The van der Waals surface area contributed by atoms with Crippen LogP contribution in [-0.4, -0.2) is 75.5 Å². The van der Waals surface area contributed by atoms with Crippen LogP contribution in [0, 0.1) is 6.92 Å². The van der Waals surface area contributed by atoms with E-state index in [4.69, 9.17) is 23.7 Å². The van der Waals surface area contributed by atoms with Gasteiger partial charge in [0.15, 0.2) is 11.6 Å². The Labute approximate surface area is 206 Å². The van der Waals surface area contributed by atoms with E-state index < -0.39 is 46.0 Å². The lowest BCUT2D eigenvalue weighted by atomic mass is 10.0. The Bertz CT molecular complexity index is 948. The Hall–Kier alpha value is -1.21. The summed E-state index contributed by atoms with van der Waals surface area (Å²) in [5.74, 6) is -1.18. The Morgan fingerprint density at radius 1 is 1.15 bits per heavy atom. The van der Waals surface area contributed by atoms with E-state index in [-0.39, 0.29) is 17.3 Å². The van der Waals surface area contributed by atoms with E-state index in [0.717, 1.165) is 5.56 Å². The van der Waals surface area contributed by atoms with Crippen molar-refractivity contribution in [3.05, 3.63) is 29.8 Å². The normalized spacial score (nSPS) is 26.9. The molecule has 9 nitrogen and oxygen atoms in total. The minimum absolute atomic E-state index is 0.166. The fraction of sp³-hybridized carbons (Fsp3) is 0.696. The van der Waals surface area contributed by atoms with Gasteiger partial charge in [-0.25, -0.2) is 13.1 Å². The molecular weight excluding hydrogens is 482 g/mol.